The van der Waals surface area contributed by atoms with E-state index in [4.69, 9.17) is 9.47 Å². The van der Waals surface area contributed by atoms with Crippen LogP contribution in [0.5, 0.6) is 11.5 Å². The maximum atomic E-state index is 13.8. The van der Waals surface area contributed by atoms with Gasteiger partial charge in [-0.2, -0.15) is 0 Å². The Balaban J connectivity index is 0.00000312. The number of hydrogen-bond acceptors (Lipinski definition) is 3. The lowest BCUT2D eigenvalue weighted by atomic mass is 10.1. The van der Waals surface area contributed by atoms with Crippen molar-refractivity contribution in [3.8, 4) is 11.5 Å². The van der Waals surface area contributed by atoms with Crippen LogP contribution < -0.4 is 14.8 Å². The molecule has 2 aromatic rings. The summed E-state index contributed by atoms with van der Waals surface area (Å²) in [6.45, 7) is 9.63. The number of rotatable bonds is 7. The Hall–Kier alpha value is -1.78. The Morgan fingerprint density at radius 1 is 0.960 bits per heavy atom. The fraction of sp³-hybridized carbons (Fsp3) is 0.400. The van der Waals surface area contributed by atoms with Crippen molar-refractivity contribution in [2.75, 3.05) is 6.61 Å². The summed E-state index contributed by atoms with van der Waals surface area (Å²) >= 11 is 0. The fourth-order valence-electron chi connectivity index (χ4n) is 2.26. The highest BCUT2D eigenvalue weighted by atomic mass is 35.5. The molecule has 0 amide bonds. The molecule has 0 radical (unpaired) electrons. The monoisotopic (exact) mass is 367 g/mol. The third kappa shape index (κ3) is 6.56. The Kier molecular flexibility index (Phi) is 8.20. The van der Waals surface area contributed by atoms with Crippen LogP contribution in [0, 0.1) is 5.82 Å². The minimum atomic E-state index is -0.263. The van der Waals surface area contributed by atoms with Gasteiger partial charge in [0.15, 0.2) is 11.5 Å². The lowest BCUT2D eigenvalue weighted by Crippen LogP contribution is -2.35. The maximum Gasteiger partial charge on any atom is 0.166 e. The van der Waals surface area contributed by atoms with Crippen LogP contribution in [-0.4, -0.2) is 12.1 Å². The summed E-state index contributed by atoms with van der Waals surface area (Å²) in [6, 6.07) is 12.5. The summed E-state index contributed by atoms with van der Waals surface area (Å²) in [5.74, 6) is 1.09. The second-order valence-corrected chi connectivity index (χ2v) is 6.66. The highest BCUT2D eigenvalue weighted by molar-refractivity contribution is 5.85. The van der Waals surface area contributed by atoms with Gasteiger partial charge in [-0.05, 0) is 39.8 Å². The van der Waals surface area contributed by atoms with Crippen LogP contribution in [0.25, 0.3) is 0 Å². The fourth-order valence-corrected chi connectivity index (χ4v) is 2.26. The zero-order valence-corrected chi connectivity index (χ0v) is 16.1. The van der Waals surface area contributed by atoms with Gasteiger partial charge >= 0.3 is 0 Å². The number of ether oxygens (including phenoxy) is 2. The highest BCUT2D eigenvalue weighted by Gasteiger charge is 2.15. The predicted octanol–water partition coefficient (Wildman–Crippen LogP) is 5.11. The van der Waals surface area contributed by atoms with Crippen LogP contribution in [0.1, 0.15) is 38.8 Å². The number of nitrogens with one attached hydrogen (secondary N) is 1. The average molecular weight is 368 g/mol. The van der Waals surface area contributed by atoms with E-state index in [1.807, 2.05) is 25.1 Å². The summed E-state index contributed by atoms with van der Waals surface area (Å²) in [6.07, 6.45) is 0. The Morgan fingerprint density at radius 2 is 1.64 bits per heavy atom. The minimum Gasteiger partial charge on any atom is -0.490 e. The second kappa shape index (κ2) is 9.64. The number of halogens is 2. The van der Waals surface area contributed by atoms with Crippen molar-refractivity contribution < 1.29 is 13.9 Å². The van der Waals surface area contributed by atoms with E-state index in [2.05, 4.69) is 26.1 Å². The van der Waals surface area contributed by atoms with E-state index in [-0.39, 0.29) is 30.4 Å². The molecule has 25 heavy (non-hydrogen) atoms. The Morgan fingerprint density at radius 3 is 2.28 bits per heavy atom. The summed E-state index contributed by atoms with van der Waals surface area (Å²) < 4.78 is 25.5. The third-order valence-electron chi connectivity index (χ3n) is 3.50. The molecule has 2 aromatic carbocycles. The van der Waals surface area contributed by atoms with Gasteiger partial charge in [0.1, 0.15) is 12.4 Å². The first kappa shape index (κ1) is 21.3. The zero-order valence-electron chi connectivity index (χ0n) is 15.3. The summed E-state index contributed by atoms with van der Waals surface area (Å²) in [4.78, 5) is 0. The topological polar surface area (TPSA) is 30.5 Å². The zero-order chi connectivity index (χ0) is 17.6. The van der Waals surface area contributed by atoms with Gasteiger partial charge < -0.3 is 14.8 Å². The standard InChI is InChI=1S/C20H26FNO2.ClH/c1-5-23-18-12-8-10-15(13-22-20(2,3)4)19(18)24-14-16-9-6-7-11-17(16)21;/h6-12,22H,5,13-14H2,1-4H3;1H. The molecular formula is C20H27ClFNO2. The first-order chi connectivity index (χ1) is 11.4. The van der Waals surface area contributed by atoms with Crippen LogP contribution in [-0.2, 0) is 13.2 Å². The molecule has 0 unspecified atom stereocenters. The van der Waals surface area contributed by atoms with E-state index in [1.54, 1.807) is 18.2 Å². The van der Waals surface area contributed by atoms with Crippen LogP contribution in [0.3, 0.4) is 0 Å². The molecule has 0 aliphatic heterocycles. The van der Waals surface area contributed by atoms with E-state index in [0.29, 0.717) is 30.2 Å². The van der Waals surface area contributed by atoms with Crippen molar-refractivity contribution in [2.24, 2.45) is 0 Å². The third-order valence-corrected chi connectivity index (χ3v) is 3.50. The molecule has 0 saturated carbocycles. The Labute approximate surface area is 156 Å². The molecular weight excluding hydrogens is 341 g/mol. The highest BCUT2D eigenvalue weighted by Crippen LogP contribution is 2.32. The molecule has 0 aliphatic carbocycles. The quantitative estimate of drug-likeness (QED) is 0.737. The first-order valence-corrected chi connectivity index (χ1v) is 8.26. The molecule has 1 N–H and O–H groups in total. The number of benzene rings is 2. The second-order valence-electron chi connectivity index (χ2n) is 6.66. The van der Waals surface area contributed by atoms with Gasteiger partial charge in [0, 0.05) is 23.2 Å². The molecule has 5 heteroatoms. The van der Waals surface area contributed by atoms with Gasteiger partial charge in [-0.15, -0.1) is 12.4 Å². The van der Waals surface area contributed by atoms with Crippen molar-refractivity contribution in [1.29, 1.82) is 0 Å². The van der Waals surface area contributed by atoms with Crippen molar-refractivity contribution in [2.45, 2.75) is 46.4 Å². The molecule has 0 saturated heterocycles. The minimum absolute atomic E-state index is 0. The largest absolute Gasteiger partial charge is 0.490 e. The summed E-state index contributed by atoms with van der Waals surface area (Å²) in [5.41, 5.74) is 1.51. The predicted molar refractivity (Wildman–Crippen MR) is 102 cm³/mol. The molecule has 3 nitrogen and oxygen atoms in total. The van der Waals surface area contributed by atoms with Gasteiger partial charge in [-0.1, -0.05) is 30.3 Å². The smallest absolute Gasteiger partial charge is 0.166 e. The molecule has 0 aromatic heterocycles. The van der Waals surface area contributed by atoms with Crippen LogP contribution in [0.4, 0.5) is 4.39 Å². The van der Waals surface area contributed by atoms with E-state index < -0.39 is 0 Å². The molecule has 0 fully saturated rings. The maximum absolute atomic E-state index is 13.8. The Bertz CT molecular complexity index is 671. The van der Waals surface area contributed by atoms with E-state index >= 15 is 0 Å². The molecule has 0 heterocycles. The lowest BCUT2D eigenvalue weighted by Gasteiger charge is -2.22. The van der Waals surface area contributed by atoms with Crippen LogP contribution >= 0.6 is 12.4 Å². The van der Waals surface area contributed by atoms with Crippen molar-refractivity contribution in [3.63, 3.8) is 0 Å². The normalized spacial score (nSPS) is 10.9. The van der Waals surface area contributed by atoms with Crippen LogP contribution in [0.2, 0.25) is 0 Å². The average Bonchev–Trinajstić information content (AvgIpc) is 2.53. The first-order valence-electron chi connectivity index (χ1n) is 8.26. The van der Waals surface area contributed by atoms with Crippen molar-refractivity contribution >= 4 is 12.4 Å². The number of para-hydroxylation sites is 1. The van der Waals surface area contributed by atoms with Crippen molar-refractivity contribution in [1.82, 2.24) is 5.32 Å². The van der Waals surface area contributed by atoms with Gasteiger partial charge in [-0.25, -0.2) is 4.39 Å². The van der Waals surface area contributed by atoms with Crippen molar-refractivity contribution in [3.05, 3.63) is 59.4 Å². The van der Waals surface area contributed by atoms with Gasteiger partial charge in [0.2, 0.25) is 0 Å². The molecule has 2 rings (SSSR count). The summed E-state index contributed by atoms with van der Waals surface area (Å²) in [7, 11) is 0. The van der Waals surface area contributed by atoms with Gasteiger partial charge in [0.25, 0.3) is 0 Å². The molecule has 0 atom stereocenters. The molecule has 0 aliphatic rings. The molecule has 0 spiro atoms. The number of hydrogen-bond donors (Lipinski definition) is 1. The van der Waals surface area contributed by atoms with E-state index in [9.17, 15) is 4.39 Å². The van der Waals surface area contributed by atoms with E-state index in [1.165, 1.54) is 6.07 Å². The van der Waals surface area contributed by atoms with E-state index in [0.717, 1.165) is 5.56 Å². The van der Waals surface area contributed by atoms with Gasteiger partial charge in [0.05, 0.1) is 6.61 Å². The molecule has 0 bridgehead atoms. The van der Waals surface area contributed by atoms with Crippen LogP contribution in [0.15, 0.2) is 42.5 Å². The van der Waals surface area contributed by atoms with Gasteiger partial charge in [-0.3, -0.25) is 0 Å². The molecule has 138 valence electrons. The SMILES string of the molecule is CCOc1cccc(CNC(C)(C)C)c1OCc1ccccc1F.Cl. The lowest BCUT2D eigenvalue weighted by molar-refractivity contribution is 0.261. The summed E-state index contributed by atoms with van der Waals surface area (Å²) in [5, 5.41) is 3.45.